The minimum absolute atomic E-state index is 0.0752. The molecule has 0 spiro atoms. The number of hydrogen-bond donors (Lipinski definition) is 0. The highest BCUT2D eigenvalue weighted by atomic mass is 16.3. The molecule has 0 radical (unpaired) electrons. The van der Waals surface area contributed by atoms with E-state index in [1.165, 1.54) is 0 Å². The number of carbonyl (C=O) groups excluding carboxylic acids is 1. The Kier molecular flexibility index (Phi) is 1.37. The van der Waals surface area contributed by atoms with Gasteiger partial charge in [-0.05, 0) is 0 Å². The zero-order chi connectivity index (χ0) is 5.98. The maximum atomic E-state index is 10.4. The molecule has 0 bridgehead atoms. The summed E-state index contributed by atoms with van der Waals surface area (Å²) in [7, 11) is 0. The van der Waals surface area contributed by atoms with Crippen molar-refractivity contribution in [2.24, 2.45) is 0 Å². The van der Waals surface area contributed by atoms with E-state index in [4.69, 9.17) is 0 Å². The van der Waals surface area contributed by atoms with Crippen LogP contribution in [0, 0.1) is 4.91 Å². The fourth-order valence-corrected chi connectivity index (χ4v) is 0.807. The van der Waals surface area contributed by atoms with Gasteiger partial charge in [0.15, 0.2) is 6.54 Å². The molecule has 3 nitrogen and oxygen atoms in total. The van der Waals surface area contributed by atoms with E-state index >= 15 is 0 Å². The summed E-state index contributed by atoms with van der Waals surface area (Å²) in [5.41, 5.74) is 0. The molecular weight excluding hydrogens is 106 g/mol. The number of nitroso groups, excluding NO2 is 1. The molecule has 0 unspecified atom stereocenters. The Labute approximate surface area is 47.3 Å². The Balaban J connectivity index is 2.45. The molecule has 1 rings (SSSR count). The van der Waals surface area contributed by atoms with Gasteiger partial charge in [-0.25, -0.2) is 0 Å². The second-order valence-corrected chi connectivity index (χ2v) is 2.01. The Morgan fingerprint density at radius 2 is 2.25 bits per heavy atom. The molecule has 0 aliphatic carbocycles. The molecule has 0 aromatic heterocycles. The molecule has 0 saturated carbocycles. The van der Waals surface area contributed by atoms with Crippen molar-refractivity contribution in [1.29, 1.82) is 0 Å². The zero-order valence-electron chi connectivity index (χ0n) is 4.59. The van der Waals surface area contributed by atoms with Crippen LogP contribution in [-0.4, -0.2) is 23.6 Å². The first-order valence-electron chi connectivity index (χ1n) is 2.73. The third kappa shape index (κ3) is 1.12. The summed E-state index contributed by atoms with van der Waals surface area (Å²) in [6.45, 7) is 0.645. The van der Waals surface area contributed by atoms with Gasteiger partial charge in [-0.1, -0.05) is 0 Å². The highest BCUT2D eigenvalue weighted by molar-refractivity contribution is 5.79. The maximum Gasteiger partial charge on any atom is 0.249 e. The average molecular weight is 114 g/mol. The largest absolute Gasteiger partial charge is 0.292 e. The molecule has 44 valence electrons. The van der Waals surface area contributed by atoms with Crippen LogP contribution in [0.4, 0.5) is 0 Å². The molecule has 1 saturated heterocycles. The van der Waals surface area contributed by atoms with Gasteiger partial charge in [-0.2, -0.15) is 0 Å². The number of piperidine rings is 1. The van der Waals surface area contributed by atoms with E-state index in [0.717, 1.165) is 11.2 Å². The summed E-state index contributed by atoms with van der Waals surface area (Å²) in [6, 6.07) is 0. The fraction of sp³-hybridized carbons (Fsp3) is 0.800. The Morgan fingerprint density at radius 1 is 1.50 bits per heavy atom. The Hall–Kier alpha value is -0.730. The first-order valence-corrected chi connectivity index (χ1v) is 2.73. The quantitative estimate of drug-likeness (QED) is 0.420. The fourth-order valence-electron chi connectivity index (χ4n) is 0.807. The van der Waals surface area contributed by atoms with E-state index in [0.29, 0.717) is 13.0 Å². The van der Waals surface area contributed by atoms with Crippen molar-refractivity contribution in [3.05, 3.63) is 4.91 Å². The normalized spacial score (nSPS) is 21.5. The topological polar surface area (TPSA) is 37.1 Å². The third-order valence-electron chi connectivity index (χ3n) is 1.22. The molecule has 0 aromatic rings. The predicted octanol–water partition coefficient (Wildman–Crippen LogP) is 0.128. The standard InChI is InChI=1S/C5H8NO2/c7-5-2-1-3-6(8)4-5/h1-4H2/q+1. The number of rotatable bonds is 0. The van der Waals surface area contributed by atoms with E-state index < -0.39 is 0 Å². The van der Waals surface area contributed by atoms with E-state index in [1.54, 1.807) is 0 Å². The van der Waals surface area contributed by atoms with Crippen molar-refractivity contribution in [3.8, 4) is 0 Å². The number of ketones is 1. The van der Waals surface area contributed by atoms with Gasteiger partial charge in [-0.15, -0.1) is 0 Å². The van der Waals surface area contributed by atoms with Gasteiger partial charge in [0.2, 0.25) is 12.3 Å². The van der Waals surface area contributed by atoms with Crippen molar-refractivity contribution in [3.63, 3.8) is 0 Å². The monoisotopic (exact) mass is 114 g/mol. The molecule has 0 aromatic carbocycles. The van der Waals surface area contributed by atoms with Gasteiger partial charge >= 0.3 is 0 Å². The lowest BCUT2D eigenvalue weighted by atomic mass is 10.1. The first-order chi connectivity index (χ1) is 3.79. The van der Waals surface area contributed by atoms with Gasteiger partial charge < -0.3 is 0 Å². The molecule has 0 N–H and O–H groups in total. The zero-order valence-corrected chi connectivity index (χ0v) is 4.59. The summed E-state index contributed by atoms with van der Waals surface area (Å²) < 4.78 is 0.811. The summed E-state index contributed by atoms with van der Waals surface area (Å²) in [5.74, 6) is 0.0752. The highest BCUT2D eigenvalue weighted by Crippen LogP contribution is 1.98. The van der Waals surface area contributed by atoms with Gasteiger partial charge in [0.05, 0.1) is 0 Å². The lowest BCUT2D eigenvalue weighted by Gasteiger charge is -1.98. The van der Waals surface area contributed by atoms with Crippen molar-refractivity contribution >= 4 is 5.78 Å². The summed E-state index contributed by atoms with van der Waals surface area (Å²) in [6.07, 6.45) is 1.33. The molecule has 0 atom stereocenters. The highest BCUT2D eigenvalue weighted by Gasteiger charge is 2.20. The van der Waals surface area contributed by atoms with Gasteiger partial charge in [-0.3, -0.25) is 4.79 Å². The molecule has 1 heterocycles. The maximum absolute atomic E-state index is 10.4. The smallest absolute Gasteiger partial charge is 0.249 e. The van der Waals surface area contributed by atoms with Crippen LogP contribution in [0.25, 0.3) is 0 Å². The molecule has 0 amide bonds. The SMILES string of the molecule is O=C1CCC[N+](=O)C1. The lowest BCUT2D eigenvalue weighted by molar-refractivity contribution is -0.542. The van der Waals surface area contributed by atoms with E-state index in [9.17, 15) is 9.70 Å². The molecule has 1 fully saturated rings. The van der Waals surface area contributed by atoms with Crippen molar-refractivity contribution < 1.29 is 9.55 Å². The minimum atomic E-state index is 0.0752. The summed E-state index contributed by atoms with van der Waals surface area (Å²) in [5, 5.41) is 0. The third-order valence-corrected chi connectivity index (χ3v) is 1.22. The summed E-state index contributed by atoms with van der Waals surface area (Å²) >= 11 is 0. The molecule has 1 aliphatic heterocycles. The van der Waals surface area contributed by atoms with Crippen LogP contribution in [0.2, 0.25) is 0 Å². The minimum Gasteiger partial charge on any atom is -0.292 e. The van der Waals surface area contributed by atoms with Crippen LogP contribution in [0.1, 0.15) is 12.8 Å². The van der Waals surface area contributed by atoms with E-state index in [2.05, 4.69) is 0 Å². The van der Waals surface area contributed by atoms with Gasteiger partial charge in [0.25, 0.3) is 0 Å². The second-order valence-electron chi connectivity index (χ2n) is 2.01. The predicted molar refractivity (Wildman–Crippen MR) is 27.6 cm³/mol. The molecular formula is C5H8NO2+. The summed E-state index contributed by atoms with van der Waals surface area (Å²) in [4.78, 5) is 20.8. The second kappa shape index (κ2) is 2.03. The van der Waals surface area contributed by atoms with Gasteiger partial charge in [0, 0.05) is 22.5 Å². The van der Waals surface area contributed by atoms with Crippen LogP contribution >= 0.6 is 0 Å². The van der Waals surface area contributed by atoms with E-state index in [-0.39, 0.29) is 12.3 Å². The number of carbonyl (C=O) groups is 1. The van der Waals surface area contributed by atoms with Crippen LogP contribution in [0.3, 0.4) is 0 Å². The number of nitrogens with zero attached hydrogens (tertiary/aromatic N) is 1. The number of hydrogen-bond acceptors (Lipinski definition) is 2. The van der Waals surface area contributed by atoms with Gasteiger partial charge in [0.1, 0.15) is 0 Å². The van der Waals surface area contributed by atoms with Crippen LogP contribution < -0.4 is 0 Å². The van der Waals surface area contributed by atoms with Crippen LogP contribution in [-0.2, 0) is 4.79 Å². The molecule has 1 aliphatic rings. The lowest BCUT2D eigenvalue weighted by Crippen LogP contribution is -2.25. The first kappa shape index (κ1) is 5.41. The van der Waals surface area contributed by atoms with Crippen LogP contribution in [0.15, 0.2) is 0 Å². The Bertz CT molecular complexity index is 116. The van der Waals surface area contributed by atoms with Crippen molar-refractivity contribution in [2.75, 3.05) is 13.1 Å². The molecule has 8 heavy (non-hydrogen) atoms. The van der Waals surface area contributed by atoms with Crippen LogP contribution in [0.5, 0.6) is 0 Å². The van der Waals surface area contributed by atoms with E-state index in [1.807, 2.05) is 0 Å². The van der Waals surface area contributed by atoms with Crippen molar-refractivity contribution in [1.82, 2.24) is 0 Å². The Morgan fingerprint density at radius 3 is 2.62 bits per heavy atom. The van der Waals surface area contributed by atoms with Crippen molar-refractivity contribution in [2.45, 2.75) is 12.8 Å². The number of Topliss-reactive ketones (excluding diaryl/α,β-unsaturated/α-hetero) is 1. The molecule has 3 heteroatoms. The average Bonchev–Trinajstić information content (AvgIpc) is 1.64.